The van der Waals surface area contributed by atoms with Crippen molar-refractivity contribution >= 4 is 17.6 Å². The summed E-state index contributed by atoms with van der Waals surface area (Å²) in [5.41, 5.74) is -1.42. The fourth-order valence-electron chi connectivity index (χ4n) is 7.08. The van der Waals surface area contributed by atoms with Crippen LogP contribution < -0.4 is 9.64 Å². The first-order valence-electron chi connectivity index (χ1n) is 13.3. The van der Waals surface area contributed by atoms with E-state index in [9.17, 15) is 14.7 Å². The zero-order valence-corrected chi connectivity index (χ0v) is 20.5. The van der Waals surface area contributed by atoms with Gasteiger partial charge in [0.15, 0.2) is 18.2 Å². The number of carbonyl (C=O) groups is 2. The van der Waals surface area contributed by atoms with Gasteiger partial charge in [-0.2, -0.15) is 0 Å². The summed E-state index contributed by atoms with van der Waals surface area (Å²) in [6, 6.07) is 3.60. The molecule has 1 saturated heterocycles. The number of ether oxygens (including phenoxy) is 1. The molecule has 3 heterocycles. The minimum atomic E-state index is -1.05. The van der Waals surface area contributed by atoms with Crippen molar-refractivity contribution < 1.29 is 19.4 Å². The summed E-state index contributed by atoms with van der Waals surface area (Å²) in [7, 11) is 0. The van der Waals surface area contributed by atoms with Gasteiger partial charge < -0.3 is 14.7 Å². The van der Waals surface area contributed by atoms with Crippen LogP contribution in [-0.2, 0) is 9.59 Å². The lowest BCUT2D eigenvalue weighted by molar-refractivity contribution is -0.158. The third-order valence-electron chi connectivity index (χ3n) is 9.06. The molecular weight excluding hydrogens is 430 g/mol. The predicted octanol–water partition coefficient (Wildman–Crippen LogP) is 3.94. The van der Waals surface area contributed by atoms with Crippen LogP contribution >= 0.6 is 0 Å². The van der Waals surface area contributed by atoms with E-state index in [2.05, 4.69) is 11.9 Å². The van der Waals surface area contributed by atoms with Gasteiger partial charge in [-0.1, -0.05) is 51.9 Å². The number of carbonyl (C=O) groups excluding carboxylic acids is 2. The molecule has 2 aliphatic heterocycles. The van der Waals surface area contributed by atoms with Crippen molar-refractivity contribution in [3.05, 3.63) is 18.3 Å². The Kier molecular flexibility index (Phi) is 6.58. The van der Waals surface area contributed by atoms with Crippen LogP contribution in [0.2, 0.25) is 0 Å². The minimum absolute atomic E-state index is 0.0321. The van der Waals surface area contributed by atoms with Crippen molar-refractivity contribution in [2.45, 2.75) is 83.2 Å². The van der Waals surface area contributed by atoms with Gasteiger partial charge in [0.05, 0.1) is 12.1 Å². The molecule has 2 amide bonds. The zero-order chi connectivity index (χ0) is 23.8. The van der Waals surface area contributed by atoms with Gasteiger partial charge >= 0.3 is 0 Å². The van der Waals surface area contributed by atoms with Crippen LogP contribution in [0.4, 0.5) is 5.82 Å². The fourth-order valence-corrected chi connectivity index (χ4v) is 7.08. The SMILES string of the molecule is C[C@H](CC1CCCCC1)C(=O)N1CCC(O)(CN2C(=O)COc3cccnc32)C2(CCCC2)C1. The topological polar surface area (TPSA) is 83.0 Å². The average Bonchev–Trinajstić information content (AvgIpc) is 3.33. The van der Waals surface area contributed by atoms with E-state index in [-0.39, 0.29) is 36.3 Å². The highest BCUT2D eigenvalue weighted by Gasteiger charge is 2.57. The second kappa shape index (κ2) is 9.48. The van der Waals surface area contributed by atoms with E-state index in [1.54, 1.807) is 17.2 Å². The van der Waals surface area contributed by atoms with Gasteiger partial charge in [0.25, 0.3) is 5.91 Å². The molecule has 0 radical (unpaired) electrons. The monoisotopic (exact) mass is 469 g/mol. The molecule has 7 nitrogen and oxygen atoms in total. The fraction of sp³-hybridized carbons (Fsp3) is 0.741. The summed E-state index contributed by atoms with van der Waals surface area (Å²) in [5, 5.41) is 12.1. The third kappa shape index (κ3) is 4.32. The second-order valence-corrected chi connectivity index (χ2v) is 11.3. The standard InChI is InChI=1S/C27H39N3O4/c1-20(16-21-8-3-2-4-9-21)25(32)29-15-13-27(33,26(18-29)11-5-6-12-26)19-30-23(31)17-34-22-10-7-14-28-24(22)30/h7,10,14,20-21,33H,2-6,8-9,11-13,15-19H2,1H3/t20-,27?/m1/s1. The Labute approximate surface area is 202 Å². The highest BCUT2D eigenvalue weighted by atomic mass is 16.5. The first kappa shape index (κ1) is 23.6. The van der Waals surface area contributed by atoms with Gasteiger partial charge in [0, 0.05) is 30.6 Å². The molecule has 0 bridgehead atoms. The summed E-state index contributed by atoms with van der Waals surface area (Å²) >= 11 is 0. The summed E-state index contributed by atoms with van der Waals surface area (Å²) in [6.07, 6.45) is 13.4. The van der Waals surface area contributed by atoms with Crippen LogP contribution in [0.25, 0.3) is 0 Å². The predicted molar refractivity (Wildman–Crippen MR) is 129 cm³/mol. The van der Waals surface area contributed by atoms with Gasteiger partial charge in [0.2, 0.25) is 5.91 Å². The second-order valence-electron chi connectivity index (χ2n) is 11.3. The Hall–Kier alpha value is -2.15. The Bertz CT molecular complexity index is 909. The van der Waals surface area contributed by atoms with E-state index >= 15 is 0 Å². The number of likely N-dealkylation sites (tertiary alicyclic amines) is 1. The highest BCUT2D eigenvalue weighted by molar-refractivity contribution is 5.96. The lowest BCUT2D eigenvalue weighted by atomic mass is 9.65. The number of amides is 2. The first-order valence-corrected chi connectivity index (χ1v) is 13.3. The van der Waals surface area contributed by atoms with E-state index in [0.717, 1.165) is 32.1 Å². The molecule has 1 aromatic rings. The van der Waals surface area contributed by atoms with Crippen LogP contribution in [0.15, 0.2) is 18.3 Å². The quantitative estimate of drug-likeness (QED) is 0.706. The highest BCUT2D eigenvalue weighted by Crippen LogP contribution is 2.52. The number of aliphatic hydroxyl groups is 1. The van der Waals surface area contributed by atoms with E-state index in [0.29, 0.717) is 37.0 Å². The molecule has 0 aromatic carbocycles. The smallest absolute Gasteiger partial charge is 0.266 e. The molecule has 1 N–H and O–H groups in total. The number of aromatic nitrogens is 1. The first-order chi connectivity index (χ1) is 16.4. The largest absolute Gasteiger partial charge is 0.480 e. The number of anilines is 1. The Morgan fingerprint density at radius 1 is 1.21 bits per heavy atom. The Balaban J connectivity index is 1.32. The molecule has 1 aromatic heterocycles. The molecule has 7 heteroatoms. The van der Waals surface area contributed by atoms with E-state index in [4.69, 9.17) is 4.74 Å². The van der Waals surface area contributed by atoms with Gasteiger partial charge in [-0.15, -0.1) is 0 Å². The van der Waals surface area contributed by atoms with Crippen LogP contribution in [0.3, 0.4) is 0 Å². The van der Waals surface area contributed by atoms with Crippen molar-refractivity contribution in [3.63, 3.8) is 0 Å². The molecule has 2 atom stereocenters. The number of hydrogen-bond acceptors (Lipinski definition) is 5. The lowest BCUT2D eigenvalue weighted by Gasteiger charge is -2.54. The van der Waals surface area contributed by atoms with E-state index in [1.165, 1.54) is 32.1 Å². The van der Waals surface area contributed by atoms with Crippen LogP contribution in [-0.4, -0.2) is 58.6 Å². The number of fused-ring (bicyclic) bond motifs is 1. The number of nitrogens with zero attached hydrogens (tertiary/aromatic N) is 3. The Morgan fingerprint density at radius 2 is 1.97 bits per heavy atom. The van der Waals surface area contributed by atoms with Crippen LogP contribution in [0.5, 0.6) is 5.75 Å². The minimum Gasteiger partial charge on any atom is -0.480 e. The van der Waals surface area contributed by atoms with Gasteiger partial charge in [0.1, 0.15) is 0 Å². The summed E-state index contributed by atoms with van der Waals surface area (Å²) < 4.78 is 5.55. The third-order valence-corrected chi connectivity index (χ3v) is 9.06. The normalized spacial score (nSPS) is 28.0. The molecule has 2 saturated carbocycles. The number of rotatable bonds is 5. The maximum Gasteiger partial charge on any atom is 0.266 e. The molecule has 186 valence electrons. The van der Waals surface area contributed by atoms with Crippen molar-refractivity contribution in [2.24, 2.45) is 17.3 Å². The molecule has 5 rings (SSSR count). The van der Waals surface area contributed by atoms with E-state index in [1.807, 2.05) is 11.0 Å². The summed E-state index contributed by atoms with van der Waals surface area (Å²) in [6.45, 7) is 3.39. The van der Waals surface area contributed by atoms with Gasteiger partial charge in [-0.3, -0.25) is 14.5 Å². The molecule has 3 fully saturated rings. The number of piperidine rings is 1. The maximum absolute atomic E-state index is 13.5. The van der Waals surface area contributed by atoms with Crippen molar-refractivity contribution in [1.29, 1.82) is 0 Å². The van der Waals surface area contributed by atoms with Crippen molar-refractivity contribution in [2.75, 3.05) is 31.1 Å². The Morgan fingerprint density at radius 3 is 2.74 bits per heavy atom. The van der Waals surface area contributed by atoms with E-state index < -0.39 is 5.60 Å². The summed E-state index contributed by atoms with van der Waals surface area (Å²) in [4.78, 5) is 34.3. The molecule has 4 aliphatic rings. The maximum atomic E-state index is 13.5. The zero-order valence-electron chi connectivity index (χ0n) is 20.5. The van der Waals surface area contributed by atoms with Crippen molar-refractivity contribution in [3.8, 4) is 5.75 Å². The molecule has 1 spiro atoms. The number of pyridine rings is 1. The summed E-state index contributed by atoms with van der Waals surface area (Å²) in [5.74, 6) is 1.84. The molecule has 2 aliphatic carbocycles. The number of β-amino-alcohol motifs (C(OH)–C–C–N with tert-alkyl or cyclic N) is 1. The molecule has 34 heavy (non-hydrogen) atoms. The lowest BCUT2D eigenvalue weighted by Crippen LogP contribution is -2.65. The van der Waals surface area contributed by atoms with Gasteiger partial charge in [-0.05, 0) is 43.7 Å². The van der Waals surface area contributed by atoms with Gasteiger partial charge in [-0.25, -0.2) is 4.98 Å². The van der Waals surface area contributed by atoms with Crippen molar-refractivity contribution in [1.82, 2.24) is 9.88 Å². The number of hydrogen-bond donors (Lipinski definition) is 1. The molecule has 1 unspecified atom stereocenters. The van der Waals surface area contributed by atoms with Crippen LogP contribution in [0, 0.1) is 17.3 Å². The molecular formula is C27H39N3O4. The average molecular weight is 470 g/mol. The van der Waals surface area contributed by atoms with Crippen LogP contribution in [0.1, 0.15) is 77.6 Å².